The fraction of sp³-hybridized carbons (Fsp3) is 0.391. The summed E-state index contributed by atoms with van der Waals surface area (Å²) in [6, 6.07) is 9.45. The molecule has 3 rings (SSSR count). The first-order valence-electron chi connectivity index (χ1n) is 10.0. The first kappa shape index (κ1) is 21.6. The van der Waals surface area contributed by atoms with Crippen molar-refractivity contribution in [3.63, 3.8) is 0 Å². The number of nitrogens with zero attached hydrogens (tertiary/aromatic N) is 2. The van der Waals surface area contributed by atoms with Crippen LogP contribution in [0.4, 0.5) is 0 Å². The van der Waals surface area contributed by atoms with Crippen molar-refractivity contribution in [3.05, 3.63) is 59.6 Å². The number of rotatable bonds is 8. The molecular formula is C23H28N2O5. The average molecular weight is 412 g/mol. The maximum Gasteiger partial charge on any atom is 0.295 e. The Hall–Kier alpha value is -3.06. The first-order valence-corrected chi connectivity index (χ1v) is 10.0. The van der Waals surface area contributed by atoms with E-state index in [0.717, 1.165) is 6.54 Å². The molecule has 1 amide bonds. The van der Waals surface area contributed by atoms with Crippen molar-refractivity contribution >= 4 is 17.4 Å². The fourth-order valence-corrected chi connectivity index (χ4v) is 3.53. The van der Waals surface area contributed by atoms with Crippen LogP contribution < -0.4 is 4.74 Å². The molecule has 0 spiro atoms. The minimum absolute atomic E-state index is 0.0240. The average Bonchev–Trinajstić information content (AvgIpc) is 3.30. The summed E-state index contributed by atoms with van der Waals surface area (Å²) in [5.41, 5.74) is 0.478. The number of likely N-dealkylation sites (tertiary alicyclic amines) is 1. The SMILES string of the molecule is CC(C)Oc1ccc(/C(O)=C2\C(=O)C(=O)N(CCCN(C)C)C2c2ccco2)cc1. The fourth-order valence-electron chi connectivity index (χ4n) is 3.53. The second-order valence-electron chi connectivity index (χ2n) is 7.86. The molecule has 0 saturated carbocycles. The monoisotopic (exact) mass is 412 g/mol. The summed E-state index contributed by atoms with van der Waals surface area (Å²) in [6.07, 6.45) is 2.21. The van der Waals surface area contributed by atoms with Gasteiger partial charge < -0.3 is 24.1 Å². The van der Waals surface area contributed by atoms with Gasteiger partial charge >= 0.3 is 0 Å². The van der Waals surface area contributed by atoms with E-state index in [1.54, 1.807) is 36.4 Å². The number of benzene rings is 1. The van der Waals surface area contributed by atoms with E-state index in [1.165, 1.54) is 11.2 Å². The van der Waals surface area contributed by atoms with Crippen molar-refractivity contribution in [1.29, 1.82) is 0 Å². The minimum Gasteiger partial charge on any atom is -0.507 e. The van der Waals surface area contributed by atoms with Gasteiger partial charge in [-0.1, -0.05) is 0 Å². The summed E-state index contributed by atoms with van der Waals surface area (Å²) in [4.78, 5) is 29.1. The van der Waals surface area contributed by atoms with E-state index in [9.17, 15) is 14.7 Å². The van der Waals surface area contributed by atoms with Crippen molar-refractivity contribution in [3.8, 4) is 5.75 Å². The number of carbonyl (C=O) groups excluding carboxylic acids is 2. The highest BCUT2D eigenvalue weighted by molar-refractivity contribution is 6.46. The number of ether oxygens (including phenoxy) is 1. The number of hydrogen-bond acceptors (Lipinski definition) is 6. The Morgan fingerprint density at radius 3 is 2.47 bits per heavy atom. The van der Waals surface area contributed by atoms with E-state index in [-0.39, 0.29) is 17.4 Å². The highest BCUT2D eigenvalue weighted by Crippen LogP contribution is 2.39. The van der Waals surface area contributed by atoms with Gasteiger partial charge in [-0.3, -0.25) is 9.59 Å². The molecule has 30 heavy (non-hydrogen) atoms. The molecule has 160 valence electrons. The van der Waals surface area contributed by atoms with Gasteiger partial charge in [0.1, 0.15) is 23.3 Å². The van der Waals surface area contributed by atoms with Crippen LogP contribution in [0, 0.1) is 0 Å². The second kappa shape index (κ2) is 9.17. The number of aliphatic hydroxyl groups is 1. The van der Waals surface area contributed by atoms with Gasteiger partial charge in [0.05, 0.1) is 17.9 Å². The van der Waals surface area contributed by atoms with Gasteiger partial charge in [-0.25, -0.2) is 0 Å². The molecule has 1 aromatic heterocycles. The maximum absolute atomic E-state index is 12.9. The van der Waals surface area contributed by atoms with E-state index < -0.39 is 17.7 Å². The molecule has 0 aliphatic carbocycles. The van der Waals surface area contributed by atoms with Crippen LogP contribution in [0.15, 0.2) is 52.7 Å². The van der Waals surface area contributed by atoms with E-state index in [2.05, 4.69) is 0 Å². The van der Waals surface area contributed by atoms with Crippen LogP contribution in [0.3, 0.4) is 0 Å². The van der Waals surface area contributed by atoms with Crippen LogP contribution in [0.2, 0.25) is 0 Å². The molecule has 1 fully saturated rings. The largest absolute Gasteiger partial charge is 0.507 e. The number of Topliss-reactive ketones (excluding diaryl/α,β-unsaturated/α-hetero) is 1. The standard InChI is InChI=1S/C23H28N2O5/c1-15(2)30-17-10-8-16(9-11-17)21(26)19-20(18-7-5-14-29-18)25(23(28)22(19)27)13-6-12-24(3)4/h5,7-11,14-15,20,26H,6,12-13H2,1-4H3/b21-19+. The molecule has 7 nitrogen and oxygen atoms in total. The van der Waals surface area contributed by atoms with Crippen LogP contribution in [0.1, 0.15) is 37.6 Å². The molecule has 1 aliphatic rings. The van der Waals surface area contributed by atoms with E-state index in [4.69, 9.17) is 9.15 Å². The third-order valence-electron chi connectivity index (χ3n) is 4.86. The number of amides is 1. The van der Waals surface area contributed by atoms with E-state index >= 15 is 0 Å². The Kier molecular flexibility index (Phi) is 6.62. The Balaban J connectivity index is 1.97. The number of furan rings is 1. The Morgan fingerprint density at radius 2 is 1.90 bits per heavy atom. The zero-order valence-corrected chi connectivity index (χ0v) is 17.8. The predicted molar refractivity (Wildman–Crippen MR) is 113 cm³/mol. The zero-order valence-electron chi connectivity index (χ0n) is 17.8. The van der Waals surface area contributed by atoms with Crippen LogP contribution in [0.5, 0.6) is 5.75 Å². The topological polar surface area (TPSA) is 83.2 Å². The summed E-state index contributed by atoms with van der Waals surface area (Å²) >= 11 is 0. The van der Waals surface area contributed by atoms with Crippen molar-refractivity contribution in [2.24, 2.45) is 0 Å². The van der Waals surface area contributed by atoms with Gasteiger partial charge in [0.25, 0.3) is 11.7 Å². The molecule has 1 aliphatic heterocycles. The molecule has 7 heteroatoms. The van der Waals surface area contributed by atoms with Crippen LogP contribution in [0.25, 0.3) is 5.76 Å². The lowest BCUT2D eigenvalue weighted by Gasteiger charge is -2.24. The molecule has 0 bridgehead atoms. The molecule has 1 saturated heterocycles. The molecule has 1 aromatic carbocycles. The summed E-state index contributed by atoms with van der Waals surface area (Å²) < 4.78 is 11.2. The predicted octanol–water partition coefficient (Wildman–Crippen LogP) is 3.44. The number of carbonyl (C=O) groups is 2. The molecule has 2 aromatic rings. The molecule has 0 radical (unpaired) electrons. The van der Waals surface area contributed by atoms with E-state index in [0.29, 0.717) is 30.0 Å². The Bertz CT molecular complexity index is 914. The lowest BCUT2D eigenvalue weighted by Crippen LogP contribution is -2.32. The number of ketones is 1. The maximum atomic E-state index is 12.9. The van der Waals surface area contributed by atoms with Gasteiger partial charge in [-0.05, 0) is 77.3 Å². The van der Waals surface area contributed by atoms with Gasteiger partial charge in [0.15, 0.2) is 0 Å². The van der Waals surface area contributed by atoms with Crippen molar-refractivity contribution in [2.45, 2.75) is 32.4 Å². The quantitative estimate of drug-likeness (QED) is 0.406. The van der Waals surface area contributed by atoms with Crippen molar-refractivity contribution < 1.29 is 23.8 Å². The molecule has 2 heterocycles. The smallest absolute Gasteiger partial charge is 0.295 e. The van der Waals surface area contributed by atoms with Gasteiger partial charge in [0, 0.05) is 12.1 Å². The summed E-state index contributed by atoms with van der Waals surface area (Å²) in [7, 11) is 3.90. The summed E-state index contributed by atoms with van der Waals surface area (Å²) in [5.74, 6) is -0.452. The highest BCUT2D eigenvalue weighted by Gasteiger charge is 2.47. The lowest BCUT2D eigenvalue weighted by molar-refractivity contribution is -0.140. The zero-order chi connectivity index (χ0) is 21.8. The number of aliphatic hydroxyl groups excluding tert-OH is 1. The molecule has 1 N–H and O–H groups in total. The Labute approximate surface area is 176 Å². The normalized spacial score (nSPS) is 18.6. The van der Waals surface area contributed by atoms with Crippen LogP contribution >= 0.6 is 0 Å². The number of hydrogen-bond donors (Lipinski definition) is 1. The molecule has 1 atom stereocenters. The van der Waals surface area contributed by atoms with Crippen LogP contribution in [-0.2, 0) is 9.59 Å². The molecule has 1 unspecified atom stereocenters. The van der Waals surface area contributed by atoms with Crippen molar-refractivity contribution in [2.75, 3.05) is 27.2 Å². The Morgan fingerprint density at radius 1 is 1.20 bits per heavy atom. The first-order chi connectivity index (χ1) is 14.3. The second-order valence-corrected chi connectivity index (χ2v) is 7.86. The van der Waals surface area contributed by atoms with Gasteiger partial charge in [0.2, 0.25) is 0 Å². The van der Waals surface area contributed by atoms with Crippen LogP contribution in [-0.4, -0.2) is 59.9 Å². The third-order valence-corrected chi connectivity index (χ3v) is 4.86. The van der Waals surface area contributed by atoms with E-state index in [1.807, 2.05) is 32.8 Å². The van der Waals surface area contributed by atoms with Gasteiger partial charge in [-0.2, -0.15) is 0 Å². The third kappa shape index (κ3) is 4.57. The molecular weight excluding hydrogens is 384 g/mol. The lowest BCUT2D eigenvalue weighted by atomic mass is 9.99. The van der Waals surface area contributed by atoms with Crippen molar-refractivity contribution in [1.82, 2.24) is 9.80 Å². The van der Waals surface area contributed by atoms with Gasteiger partial charge in [-0.15, -0.1) is 0 Å². The summed E-state index contributed by atoms with van der Waals surface area (Å²) in [6.45, 7) is 5.00. The highest BCUT2D eigenvalue weighted by atomic mass is 16.5. The summed E-state index contributed by atoms with van der Waals surface area (Å²) in [5, 5.41) is 11.0. The minimum atomic E-state index is -0.756.